The van der Waals surface area contributed by atoms with Crippen LogP contribution in [0.4, 0.5) is 0 Å². The van der Waals surface area contributed by atoms with E-state index in [1.54, 1.807) is 15.5 Å². The van der Waals surface area contributed by atoms with E-state index in [1.807, 2.05) is 48.5 Å². The van der Waals surface area contributed by atoms with Gasteiger partial charge in [0.2, 0.25) is 0 Å². The van der Waals surface area contributed by atoms with Gasteiger partial charge >= 0.3 is 11.9 Å². The monoisotopic (exact) mass is 394 g/mol. The van der Waals surface area contributed by atoms with Crippen molar-refractivity contribution in [3.05, 3.63) is 71.4 Å². The van der Waals surface area contributed by atoms with E-state index in [1.165, 1.54) is 0 Å². The van der Waals surface area contributed by atoms with E-state index in [0.29, 0.717) is 49.3 Å². The molecule has 29 heavy (non-hydrogen) atoms. The molecule has 2 N–H and O–H groups in total. The first-order valence-electron chi connectivity index (χ1n) is 9.51. The number of aromatic carboxylic acids is 1. The first kappa shape index (κ1) is 19.2. The molecule has 3 aromatic rings. The molecule has 1 aliphatic heterocycles. The lowest BCUT2D eigenvalue weighted by atomic mass is 10.0. The van der Waals surface area contributed by atoms with Gasteiger partial charge in [0, 0.05) is 36.1 Å². The van der Waals surface area contributed by atoms with E-state index in [-0.39, 0.29) is 5.69 Å². The zero-order valence-corrected chi connectivity index (χ0v) is 15.8. The largest absolute Gasteiger partial charge is 0.480 e. The van der Waals surface area contributed by atoms with Crippen molar-refractivity contribution in [3.8, 4) is 0 Å². The molecule has 1 fully saturated rings. The Kier molecular flexibility index (Phi) is 5.33. The number of rotatable bonds is 6. The predicted molar refractivity (Wildman–Crippen MR) is 107 cm³/mol. The van der Waals surface area contributed by atoms with Crippen LogP contribution < -0.4 is 0 Å². The molecule has 0 amide bonds. The number of carbonyl (C=O) groups is 2. The van der Waals surface area contributed by atoms with Crippen LogP contribution in [0.1, 0.15) is 27.7 Å². The highest BCUT2D eigenvalue weighted by Gasteiger charge is 2.36. The first-order valence-corrected chi connectivity index (χ1v) is 9.51. The lowest BCUT2D eigenvalue weighted by Crippen LogP contribution is -2.42. The van der Waals surface area contributed by atoms with Crippen LogP contribution in [0.3, 0.4) is 0 Å². The molecule has 0 aliphatic carbocycles. The summed E-state index contributed by atoms with van der Waals surface area (Å²) in [5.74, 6) is -2.19. The van der Waals surface area contributed by atoms with Crippen LogP contribution in [0.25, 0.3) is 10.9 Å². The Bertz CT molecular complexity index is 1040. The molecule has 4 rings (SSSR count). The molecular weight excluding hydrogens is 372 g/mol. The summed E-state index contributed by atoms with van der Waals surface area (Å²) in [6.07, 6.45) is 0. The van der Waals surface area contributed by atoms with E-state index in [4.69, 9.17) is 4.74 Å². The third-order valence-electron chi connectivity index (χ3n) is 5.31. The second-order valence-corrected chi connectivity index (χ2v) is 7.05. The number of aromatic nitrogens is 1. The molecule has 0 radical (unpaired) electrons. The first-order chi connectivity index (χ1) is 14.1. The van der Waals surface area contributed by atoms with Gasteiger partial charge in [0.1, 0.15) is 11.7 Å². The topological polar surface area (TPSA) is 92.0 Å². The van der Waals surface area contributed by atoms with E-state index < -0.39 is 18.0 Å². The Balaban J connectivity index is 1.94. The van der Waals surface area contributed by atoms with Gasteiger partial charge in [-0.05, 0) is 11.6 Å². The van der Waals surface area contributed by atoms with Crippen molar-refractivity contribution in [2.75, 3.05) is 26.3 Å². The zero-order valence-electron chi connectivity index (χ0n) is 15.8. The number of morpholine rings is 1. The number of fused-ring (bicyclic) bond motifs is 1. The number of benzene rings is 2. The summed E-state index contributed by atoms with van der Waals surface area (Å²) >= 11 is 0. The minimum atomic E-state index is -1.13. The van der Waals surface area contributed by atoms with Gasteiger partial charge in [-0.1, -0.05) is 48.5 Å². The summed E-state index contributed by atoms with van der Waals surface area (Å²) in [6.45, 7) is 2.07. The van der Waals surface area contributed by atoms with Gasteiger partial charge in [-0.15, -0.1) is 0 Å². The van der Waals surface area contributed by atoms with Gasteiger partial charge in [0.05, 0.1) is 13.2 Å². The molecule has 150 valence electrons. The van der Waals surface area contributed by atoms with Crippen LogP contribution in [0.2, 0.25) is 0 Å². The number of hydrogen-bond donors (Lipinski definition) is 2. The quantitative estimate of drug-likeness (QED) is 0.668. The summed E-state index contributed by atoms with van der Waals surface area (Å²) in [5, 5.41) is 20.8. The van der Waals surface area contributed by atoms with Gasteiger partial charge in [0.15, 0.2) is 0 Å². The second-order valence-electron chi connectivity index (χ2n) is 7.05. The number of para-hydroxylation sites is 1. The Morgan fingerprint density at radius 1 is 0.966 bits per heavy atom. The molecule has 2 heterocycles. The molecular formula is C22H22N2O5. The molecule has 1 aliphatic rings. The number of aliphatic carboxylic acids is 1. The van der Waals surface area contributed by atoms with Gasteiger partial charge < -0.3 is 19.5 Å². The van der Waals surface area contributed by atoms with Crippen LogP contribution in [-0.4, -0.2) is 57.9 Å². The van der Waals surface area contributed by atoms with Crippen molar-refractivity contribution in [2.24, 2.45) is 0 Å². The average Bonchev–Trinajstić information content (AvgIpc) is 3.04. The Labute approximate surface area is 167 Å². The van der Waals surface area contributed by atoms with Crippen LogP contribution in [0, 0.1) is 0 Å². The molecule has 1 saturated heterocycles. The summed E-state index contributed by atoms with van der Waals surface area (Å²) in [7, 11) is 0. The number of nitrogens with zero attached hydrogens (tertiary/aromatic N) is 2. The average molecular weight is 394 g/mol. The molecule has 2 aromatic carbocycles. The summed E-state index contributed by atoms with van der Waals surface area (Å²) in [5.41, 5.74) is 2.01. The minimum absolute atomic E-state index is 0.0222. The van der Waals surface area contributed by atoms with E-state index in [9.17, 15) is 19.8 Å². The van der Waals surface area contributed by atoms with Gasteiger partial charge in [-0.25, -0.2) is 4.79 Å². The number of hydrogen-bond acceptors (Lipinski definition) is 4. The van der Waals surface area contributed by atoms with E-state index in [0.717, 1.165) is 5.56 Å². The van der Waals surface area contributed by atoms with Crippen molar-refractivity contribution in [1.29, 1.82) is 0 Å². The van der Waals surface area contributed by atoms with Crippen LogP contribution in [-0.2, 0) is 16.1 Å². The van der Waals surface area contributed by atoms with Gasteiger partial charge in [0.25, 0.3) is 0 Å². The Hall–Kier alpha value is -3.16. The van der Waals surface area contributed by atoms with Crippen molar-refractivity contribution < 1.29 is 24.5 Å². The zero-order chi connectivity index (χ0) is 20.4. The lowest BCUT2D eigenvalue weighted by molar-refractivity contribution is -0.145. The summed E-state index contributed by atoms with van der Waals surface area (Å²) < 4.78 is 7.07. The Morgan fingerprint density at radius 2 is 1.62 bits per heavy atom. The standard InChI is InChI=1S/C22H22N2O5/c25-21(26)19(23-10-12-29-13-11-23)18-16-8-4-5-9-17(16)24(20(18)22(27)28)14-15-6-2-1-3-7-15/h1-9,19H,10-14H2,(H,25,26)(H,27,28)/t19-/m0/s1. The number of carboxylic acids is 2. The van der Waals surface area contributed by atoms with E-state index in [2.05, 4.69) is 0 Å². The number of ether oxygens (including phenoxy) is 1. The molecule has 1 atom stereocenters. The van der Waals surface area contributed by atoms with Gasteiger partial charge in [-0.3, -0.25) is 9.69 Å². The lowest BCUT2D eigenvalue weighted by Gasteiger charge is -2.32. The molecule has 0 spiro atoms. The van der Waals surface area contributed by atoms with Crippen molar-refractivity contribution in [2.45, 2.75) is 12.6 Å². The normalized spacial score (nSPS) is 16.0. The van der Waals surface area contributed by atoms with Crippen molar-refractivity contribution in [3.63, 3.8) is 0 Å². The van der Waals surface area contributed by atoms with Crippen LogP contribution in [0.5, 0.6) is 0 Å². The molecule has 7 nitrogen and oxygen atoms in total. The van der Waals surface area contributed by atoms with Crippen molar-refractivity contribution in [1.82, 2.24) is 9.47 Å². The fourth-order valence-corrected chi connectivity index (χ4v) is 4.07. The molecule has 0 unspecified atom stereocenters. The fourth-order valence-electron chi connectivity index (χ4n) is 4.07. The molecule has 0 saturated carbocycles. The predicted octanol–water partition coefficient (Wildman–Crippen LogP) is 2.85. The van der Waals surface area contributed by atoms with E-state index >= 15 is 0 Å². The second kappa shape index (κ2) is 8.06. The van der Waals surface area contributed by atoms with Gasteiger partial charge in [-0.2, -0.15) is 0 Å². The summed E-state index contributed by atoms with van der Waals surface area (Å²) in [4.78, 5) is 26.4. The molecule has 1 aromatic heterocycles. The smallest absolute Gasteiger partial charge is 0.352 e. The van der Waals surface area contributed by atoms with Crippen LogP contribution >= 0.6 is 0 Å². The third kappa shape index (κ3) is 3.62. The highest BCUT2D eigenvalue weighted by molar-refractivity contribution is 6.01. The summed E-state index contributed by atoms with van der Waals surface area (Å²) in [6, 6.07) is 15.8. The fraction of sp³-hybridized carbons (Fsp3) is 0.273. The molecule has 7 heteroatoms. The SMILES string of the molecule is O=C(O)c1c([C@@H](C(=O)O)N2CCOCC2)c2ccccc2n1Cc1ccccc1. The molecule has 0 bridgehead atoms. The maximum absolute atomic E-state index is 12.4. The minimum Gasteiger partial charge on any atom is -0.480 e. The highest BCUT2D eigenvalue weighted by Crippen LogP contribution is 2.35. The maximum Gasteiger partial charge on any atom is 0.352 e. The number of carboxylic acid groups (broad SMARTS) is 2. The Morgan fingerprint density at radius 3 is 2.28 bits per heavy atom. The van der Waals surface area contributed by atoms with Crippen molar-refractivity contribution >= 4 is 22.8 Å². The highest BCUT2D eigenvalue weighted by atomic mass is 16.5. The van der Waals surface area contributed by atoms with Crippen LogP contribution in [0.15, 0.2) is 54.6 Å². The third-order valence-corrected chi connectivity index (χ3v) is 5.31. The maximum atomic E-state index is 12.4.